The third-order valence-corrected chi connectivity index (χ3v) is 5.55. The Morgan fingerprint density at radius 3 is 2.33 bits per heavy atom. The summed E-state index contributed by atoms with van der Waals surface area (Å²) in [6, 6.07) is 7.82. The van der Waals surface area contributed by atoms with E-state index < -0.39 is 11.7 Å². The van der Waals surface area contributed by atoms with Gasteiger partial charge >= 0.3 is 6.09 Å². The zero-order chi connectivity index (χ0) is 23.6. The fraction of sp³-hybridized carbons (Fsp3) is 0.667. The van der Waals surface area contributed by atoms with Crippen LogP contribution in [0.5, 0.6) is 0 Å². The number of guanidine groups is 1. The Morgan fingerprint density at radius 1 is 1.15 bits per heavy atom. The van der Waals surface area contributed by atoms with Crippen molar-refractivity contribution in [3.05, 3.63) is 29.8 Å². The predicted molar refractivity (Wildman–Crippen MR) is 146 cm³/mol. The van der Waals surface area contributed by atoms with Crippen LogP contribution in [0.2, 0.25) is 0 Å². The minimum absolute atomic E-state index is 0. The molecule has 2 rings (SSSR count). The maximum atomic E-state index is 11.9. The molecule has 1 aromatic rings. The number of nitrogens with one attached hydrogen (secondary N) is 3. The molecule has 1 fully saturated rings. The van der Waals surface area contributed by atoms with E-state index in [2.05, 4.69) is 41.9 Å². The summed E-state index contributed by atoms with van der Waals surface area (Å²) < 4.78 is 10.8. The van der Waals surface area contributed by atoms with Crippen LogP contribution in [0, 0.1) is 0 Å². The Morgan fingerprint density at radius 2 is 1.79 bits per heavy atom. The molecule has 1 aliphatic rings. The second-order valence-corrected chi connectivity index (χ2v) is 9.43. The summed E-state index contributed by atoms with van der Waals surface area (Å²) in [5, 5.41) is 9.54. The van der Waals surface area contributed by atoms with Crippen molar-refractivity contribution in [2.75, 3.05) is 52.3 Å². The topological polar surface area (TPSA) is 87.2 Å². The van der Waals surface area contributed by atoms with Gasteiger partial charge in [0, 0.05) is 37.5 Å². The number of anilines is 1. The number of amides is 1. The fourth-order valence-electron chi connectivity index (χ4n) is 3.57. The summed E-state index contributed by atoms with van der Waals surface area (Å²) in [5.74, 6) is 0.837. The Bertz CT molecular complexity index is 741. The number of halogens is 1. The summed E-state index contributed by atoms with van der Waals surface area (Å²) in [4.78, 5) is 19.0. The molecule has 0 atom stereocenters. The monoisotopic (exact) mass is 575 g/mol. The number of hydrogen-bond acceptors (Lipinski definition) is 5. The van der Waals surface area contributed by atoms with E-state index in [0.717, 1.165) is 63.8 Å². The fourth-order valence-corrected chi connectivity index (χ4v) is 3.57. The summed E-state index contributed by atoms with van der Waals surface area (Å²) in [5.41, 5.74) is 1.43. The van der Waals surface area contributed by atoms with Crippen molar-refractivity contribution in [3.8, 4) is 0 Å². The van der Waals surface area contributed by atoms with Gasteiger partial charge in [-0.1, -0.05) is 12.1 Å². The SMILES string of the molecule is CCNC(=NCC1(N(C)C)CCOCC1)NCCc1ccc(NC(=O)OC(C)(C)C)cc1.I. The lowest BCUT2D eigenvalue weighted by Gasteiger charge is -2.41. The maximum absolute atomic E-state index is 11.9. The lowest BCUT2D eigenvalue weighted by atomic mass is 9.89. The van der Waals surface area contributed by atoms with Crippen LogP contribution < -0.4 is 16.0 Å². The number of ether oxygens (including phenoxy) is 2. The van der Waals surface area contributed by atoms with Gasteiger partial charge in [-0.15, -0.1) is 24.0 Å². The first-order valence-corrected chi connectivity index (χ1v) is 11.5. The zero-order valence-electron chi connectivity index (χ0n) is 21.0. The van der Waals surface area contributed by atoms with Crippen LogP contribution in [0.25, 0.3) is 0 Å². The van der Waals surface area contributed by atoms with E-state index in [1.165, 1.54) is 5.56 Å². The zero-order valence-corrected chi connectivity index (χ0v) is 23.3. The normalized spacial score (nSPS) is 16.0. The smallest absolute Gasteiger partial charge is 0.412 e. The molecule has 1 aromatic carbocycles. The van der Waals surface area contributed by atoms with Crippen LogP contribution in [-0.2, 0) is 15.9 Å². The van der Waals surface area contributed by atoms with Crippen molar-refractivity contribution in [1.82, 2.24) is 15.5 Å². The highest BCUT2D eigenvalue weighted by Gasteiger charge is 2.34. The number of carbonyl (C=O) groups is 1. The first-order valence-electron chi connectivity index (χ1n) is 11.5. The van der Waals surface area contributed by atoms with Gasteiger partial charge in [-0.2, -0.15) is 0 Å². The summed E-state index contributed by atoms with van der Waals surface area (Å²) in [6.45, 7) is 11.5. The minimum Gasteiger partial charge on any atom is -0.444 e. The summed E-state index contributed by atoms with van der Waals surface area (Å²) in [6.07, 6.45) is 2.39. The van der Waals surface area contributed by atoms with Crippen molar-refractivity contribution < 1.29 is 14.3 Å². The van der Waals surface area contributed by atoms with Crippen LogP contribution >= 0.6 is 24.0 Å². The van der Waals surface area contributed by atoms with E-state index in [9.17, 15) is 4.79 Å². The van der Waals surface area contributed by atoms with E-state index in [1.54, 1.807) is 0 Å². The first kappa shape index (κ1) is 29.4. The van der Waals surface area contributed by atoms with Crippen LogP contribution in [-0.4, -0.2) is 75.0 Å². The number of benzene rings is 1. The molecule has 1 amide bonds. The number of likely N-dealkylation sites (N-methyl/N-ethyl adjacent to an activating group) is 1. The van der Waals surface area contributed by atoms with Crippen LogP contribution in [0.4, 0.5) is 10.5 Å². The molecule has 0 radical (unpaired) electrons. The van der Waals surface area contributed by atoms with E-state index in [4.69, 9.17) is 14.5 Å². The third kappa shape index (κ3) is 10.5. The average Bonchev–Trinajstić information content (AvgIpc) is 2.72. The number of hydrogen-bond donors (Lipinski definition) is 3. The minimum atomic E-state index is -0.515. The van der Waals surface area contributed by atoms with Crippen LogP contribution in [0.1, 0.15) is 46.1 Å². The molecule has 0 aromatic heterocycles. The van der Waals surface area contributed by atoms with Gasteiger partial charge in [0.15, 0.2) is 5.96 Å². The molecular weight excluding hydrogens is 533 g/mol. The van der Waals surface area contributed by atoms with Crippen molar-refractivity contribution >= 4 is 41.7 Å². The van der Waals surface area contributed by atoms with Gasteiger partial charge in [0.1, 0.15) is 5.60 Å². The Balaban J connectivity index is 0.00000544. The molecule has 1 aliphatic heterocycles. The second kappa shape index (κ2) is 14.0. The molecule has 0 saturated carbocycles. The third-order valence-electron chi connectivity index (χ3n) is 5.55. The van der Waals surface area contributed by atoms with Crippen molar-refractivity contribution in [3.63, 3.8) is 0 Å². The van der Waals surface area contributed by atoms with Crippen LogP contribution in [0.15, 0.2) is 29.3 Å². The lowest BCUT2D eigenvalue weighted by Crippen LogP contribution is -2.51. The van der Waals surface area contributed by atoms with Crippen molar-refractivity contribution in [1.29, 1.82) is 0 Å². The lowest BCUT2D eigenvalue weighted by molar-refractivity contribution is -0.00254. The number of rotatable bonds is 8. The average molecular weight is 576 g/mol. The standard InChI is InChI=1S/C24H41N5O3.HI/c1-7-25-21(27-18-24(29(5)6)13-16-31-17-14-24)26-15-12-19-8-10-20(11-9-19)28-22(30)32-23(2,3)4;/h8-11H,7,12-18H2,1-6H3,(H,28,30)(H2,25,26,27);1H. The van der Waals surface area contributed by atoms with Gasteiger partial charge in [0.2, 0.25) is 0 Å². The maximum Gasteiger partial charge on any atom is 0.412 e. The highest BCUT2D eigenvalue weighted by atomic mass is 127. The van der Waals surface area contributed by atoms with Crippen molar-refractivity contribution in [2.45, 2.75) is 58.1 Å². The van der Waals surface area contributed by atoms with Crippen LogP contribution in [0.3, 0.4) is 0 Å². The predicted octanol–water partition coefficient (Wildman–Crippen LogP) is 3.86. The van der Waals surface area contributed by atoms with Gasteiger partial charge in [-0.05, 0) is 78.7 Å². The summed E-state index contributed by atoms with van der Waals surface area (Å²) in [7, 11) is 4.26. The molecule has 3 N–H and O–H groups in total. The summed E-state index contributed by atoms with van der Waals surface area (Å²) >= 11 is 0. The molecule has 0 bridgehead atoms. The number of nitrogens with zero attached hydrogens (tertiary/aromatic N) is 2. The molecule has 0 spiro atoms. The van der Waals surface area contributed by atoms with Gasteiger partial charge in [0.05, 0.1) is 6.54 Å². The highest BCUT2D eigenvalue weighted by molar-refractivity contribution is 14.0. The van der Waals surface area contributed by atoms with E-state index in [-0.39, 0.29) is 29.5 Å². The number of carbonyl (C=O) groups excluding carboxylic acids is 1. The van der Waals surface area contributed by atoms with Gasteiger partial charge in [-0.3, -0.25) is 10.3 Å². The van der Waals surface area contributed by atoms with Gasteiger partial charge in [-0.25, -0.2) is 4.79 Å². The van der Waals surface area contributed by atoms with Gasteiger partial charge in [0.25, 0.3) is 0 Å². The Hall–Kier alpha value is -1.59. The Labute approximate surface area is 216 Å². The molecule has 9 heteroatoms. The van der Waals surface area contributed by atoms with Crippen molar-refractivity contribution in [2.24, 2.45) is 4.99 Å². The molecule has 1 saturated heterocycles. The quantitative estimate of drug-likeness (QED) is 0.248. The van der Waals surface area contributed by atoms with E-state index >= 15 is 0 Å². The Kier molecular flexibility index (Phi) is 12.5. The largest absolute Gasteiger partial charge is 0.444 e. The second-order valence-electron chi connectivity index (χ2n) is 9.43. The highest BCUT2D eigenvalue weighted by Crippen LogP contribution is 2.26. The molecular formula is C24H42IN5O3. The molecule has 188 valence electrons. The van der Waals surface area contributed by atoms with E-state index in [1.807, 2.05) is 45.0 Å². The van der Waals surface area contributed by atoms with E-state index in [0.29, 0.717) is 0 Å². The molecule has 8 nitrogen and oxygen atoms in total. The molecule has 0 unspecified atom stereocenters. The number of aliphatic imine (C=N–C) groups is 1. The molecule has 33 heavy (non-hydrogen) atoms. The molecule has 1 heterocycles. The molecule has 0 aliphatic carbocycles. The first-order chi connectivity index (χ1) is 15.1. The van der Waals surface area contributed by atoms with Gasteiger partial charge < -0.3 is 25.0 Å².